The lowest BCUT2D eigenvalue weighted by atomic mass is 9.84. The van der Waals surface area contributed by atoms with Crippen LogP contribution in [0, 0.1) is 0 Å². The smallest absolute Gasteiger partial charge is 0.226 e. The number of carbonyl (C=O) groups is 1. The van der Waals surface area contributed by atoms with Gasteiger partial charge in [-0.15, -0.1) is 0 Å². The molecule has 0 unspecified atom stereocenters. The van der Waals surface area contributed by atoms with Gasteiger partial charge < -0.3 is 10.2 Å². The van der Waals surface area contributed by atoms with Crippen LogP contribution in [-0.2, 0) is 4.79 Å². The monoisotopic (exact) mass is 332 g/mol. The number of rotatable bonds is 3. The highest BCUT2D eigenvalue weighted by Crippen LogP contribution is 2.41. The topological polar surface area (TPSA) is 61.0 Å². The lowest BCUT2D eigenvalue weighted by Crippen LogP contribution is -2.23. The van der Waals surface area contributed by atoms with E-state index in [9.17, 15) is 4.79 Å². The summed E-state index contributed by atoms with van der Waals surface area (Å²) < 4.78 is 0. The molecule has 2 N–H and O–H groups in total. The second kappa shape index (κ2) is 6.09. The van der Waals surface area contributed by atoms with Crippen LogP contribution in [0.5, 0.6) is 0 Å². The Morgan fingerprint density at radius 1 is 1.04 bits per heavy atom. The van der Waals surface area contributed by atoms with Gasteiger partial charge in [0.25, 0.3) is 0 Å². The van der Waals surface area contributed by atoms with Gasteiger partial charge in [-0.1, -0.05) is 42.5 Å². The highest BCUT2D eigenvalue weighted by Gasteiger charge is 2.31. The molecule has 0 radical (unpaired) electrons. The fourth-order valence-electron chi connectivity index (χ4n) is 3.37. The normalized spacial score (nSPS) is 16.2. The van der Waals surface area contributed by atoms with Crippen LogP contribution in [0.3, 0.4) is 0 Å². The summed E-state index contributed by atoms with van der Waals surface area (Å²) in [6.07, 6.45) is 0.424. The molecule has 5 heteroatoms. The molecular formula is C20H20N4O. The number of hydrogen-bond donors (Lipinski definition) is 2. The number of nitrogens with one attached hydrogen (secondary N) is 2. The van der Waals surface area contributed by atoms with Crippen LogP contribution in [0.1, 0.15) is 23.5 Å². The Bertz CT molecular complexity index is 897. The molecule has 4 rings (SSSR count). The second-order valence-corrected chi connectivity index (χ2v) is 6.52. The van der Waals surface area contributed by atoms with Crippen molar-refractivity contribution in [3.8, 4) is 11.3 Å². The molecule has 25 heavy (non-hydrogen) atoms. The minimum absolute atomic E-state index is 0.000276. The van der Waals surface area contributed by atoms with Crippen molar-refractivity contribution < 1.29 is 4.79 Å². The molecular weight excluding hydrogens is 312 g/mol. The number of benzene rings is 2. The highest BCUT2D eigenvalue weighted by atomic mass is 16.1. The van der Waals surface area contributed by atoms with Gasteiger partial charge in [0.05, 0.1) is 5.69 Å². The van der Waals surface area contributed by atoms with Gasteiger partial charge in [-0.3, -0.25) is 9.89 Å². The molecule has 1 aliphatic heterocycles. The molecule has 0 fully saturated rings. The van der Waals surface area contributed by atoms with Crippen molar-refractivity contribution in [3.05, 3.63) is 65.7 Å². The Morgan fingerprint density at radius 2 is 1.76 bits per heavy atom. The van der Waals surface area contributed by atoms with E-state index in [1.165, 1.54) is 0 Å². The number of hydrogen-bond acceptors (Lipinski definition) is 3. The number of carbonyl (C=O) groups excluding carboxylic acids is 1. The van der Waals surface area contributed by atoms with E-state index < -0.39 is 0 Å². The molecule has 126 valence electrons. The fourth-order valence-corrected chi connectivity index (χ4v) is 3.37. The van der Waals surface area contributed by atoms with Gasteiger partial charge in [-0.25, -0.2) is 0 Å². The number of nitrogens with zero attached hydrogens (tertiary/aromatic N) is 2. The summed E-state index contributed by atoms with van der Waals surface area (Å²) in [4.78, 5) is 14.2. The maximum Gasteiger partial charge on any atom is 0.226 e. The fraction of sp³-hybridized carbons (Fsp3) is 0.200. The van der Waals surface area contributed by atoms with Crippen molar-refractivity contribution in [2.75, 3.05) is 24.3 Å². The zero-order chi connectivity index (χ0) is 17.4. The number of fused-ring (bicyclic) bond motifs is 1. The van der Waals surface area contributed by atoms with E-state index in [1.54, 1.807) is 0 Å². The molecule has 2 aromatic carbocycles. The first kappa shape index (κ1) is 15.4. The Balaban J connectivity index is 1.80. The SMILES string of the molecule is CN(C)c1ccc([C@H]2CC(=O)Nc3n[nH]c(-c4ccccc4)c32)cc1. The quantitative estimate of drug-likeness (QED) is 0.770. The standard InChI is InChI=1S/C20H20N4O/c1-24(2)15-10-8-13(9-11-15)16-12-17(25)21-20-18(16)19(22-23-20)14-6-4-3-5-7-14/h3-11,16H,12H2,1-2H3,(H2,21,22,23,25)/t16-/m1/s1. The van der Waals surface area contributed by atoms with E-state index in [0.29, 0.717) is 12.2 Å². The minimum atomic E-state index is -0.00563. The highest BCUT2D eigenvalue weighted by molar-refractivity contribution is 5.96. The summed E-state index contributed by atoms with van der Waals surface area (Å²) in [6.45, 7) is 0. The number of H-pyrrole nitrogens is 1. The molecule has 1 atom stereocenters. The zero-order valence-corrected chi connectivity index (χ0v) is 14.3. The van der Waals surface area contributed by atoms with E-state index >= 15 is 0 Å². The molecule has 5 nitrogen and oxygen atoms in total. The van der Waals surface area contributed by atoms with E-state index in [1.807, 2.05) is 32.3 Å². The van der Waals surface area contributed by atoms with Crippen LogP contribution >= 0.6 is 0 Å². The molecule has 0 bridgehead atoms. The van der Waals surface area contributed by atoms with Gasteiger partial charge in [0, 0.05) is 37.7 Å². The summed E-state index contributed by atoms with van der Waals surface area (Å²) >= 11 is 0. The number of anilines is 2. The summed E-state index contributed by atoms with van der Waals surface area (Å²) in [5.41, 5.74) is 5.36. The van der Waals surface area contributed by atoms with Crippen molar-refractivity contribution in [2.24, 2.45) is 0 Å². The van der Waals surface area contributed by atoms with Gasteiger partial charge in [-0.05, 0) is 23.3 Å². The summed E-state index contributed by atoms with van der Waals surface area (Å²) in [6, 6.07) is 18.5. The predicted molar refractivity (Wildman–Crippen MR) is 99.9 cm³/mol. The average Bonchev–Trinajstić information content (AvgIpc) is 3.05. The Kier molecular flexibility index (Phi) is 3.76. The van der Waals surface area contributed by atoms with Gasteiger partial charge >= 0.3 is 0 Å². The van der Waals surface area contributed by atoms with Crippen molar-refractivity contribution in [1.29, 1.82) is 0 Å². The summed E-state index contributed by atoms with van der Waals surface area (Å²) in [7, 11) is 4.04. The first-order valence-electron chi connectivity index (χ1n) is 8.34. The van der Waals surface area contributed by atoms with Crippen LogP contribution in [0.4, 0.5) is 11.5 Å². The average molecular weight is 332 g/mol. The van der Waals surface area contributed by atoms with E-state index in [0.717, 1.165) is 28.1 Å². The van der Waals surface area contributed by atoms with E-state index in [4.69, 9.17) is 0 Å². The largest absolute Gasteiger partial charge is 0.378 e. The molecule has 0 spiro atoms. The minimum Gasteiger partial charge on any atom is -0.378 e. The molecule has 1 amide bonds. The van der Waals surface area contributed by atoms with Crippen LogP contribution in [0.15, 0.2) is 54.6 Å². The van der Waals surface area contributed by atoms with Crippen molar-refractivity contribution in [1.82, 2.24) is 10.2 Å². The van der Waals surface area contributed by atoms with Gasteiger partial charge in [0.1, 0.15) is 0 Å². The molecule has 2 heterocycles. The van der Waals surface area contributed by atoms with Crippen molar-refractivity contribution in [3.63, 3.8) is 0 Å². The summed E-state index contributed by atoms with van der Waals surface area (Å²) in [5.74, 6) is 0.631. The molecule has 3 aromatic rings. The first-order chi connectivity index (χ1) is 12.1. The summed E-state index contributed by atoms with van der Waals surface area (Å²) in [5, 5.41) is 10.3. The Hall–Kier alpha value is -3.08. The number of aromatic nitrogens is 2. The lowest BCUT2D eigenvalue weighted by molar-refractivity contribution is -0.116. The molecule has 1 aromatic heterocycles. The maximum atomic E-state index is 12.2. The van der Waals surface area contributed by atoms with Crippen LogP contribution in [0.2, 0.25) is 0 Å². The van der Waals surface area contributed by atoms with Gasteiger partial charge in [-0.2, -0.15) is 5.10 Å². The maximum absolute atomic E-state index is 12.2. The van der Waals surface area contributed by atoms with E-state index in [-0.39, 0.29) is 11.8 Å². The third-order valence-corrected chi connectivity index (χ3v) is 4.67. The Labute approximate surface area is 146 Å². The lowest BCUT2D eigenvalue weighted by Gasteiger charge is -2.24. The Morgan fingerprint density at radius 3 is 2.44 bits per heavy atom. The molecule has 0 aliphatic carbocycles. The zero-order valence-electron chi connectivity index (χ0n) is 14.3. The molecule has 0 saturated heterocycles. The van der Waals surface area contributed by atoms with Gasteiger partial charge in [0.2, 0.25) is 5.91 Å². The van der Waals surface area contributed by atoms with Gasteiger partial charge in [0.15, 0.2) is 5.82 Å². The van der Waals surface area contributed by atoms with Crippen molar-refractivity contribution in [2.45, 2.75) is 12.3 Å². The van der Waals surface area contributed by atoms with Crippen LogP contribution in [0.25, 0.3) is 11.3 Å². The number of aromatic amines is 1. The molecule has 0 saturated carbocycles. The third-order valence-electron chi connectivity index (χ3n) is 4.67. The second-order valence-electron chi connectivity index (χ2n) is 6.52. The van der Waals surface area contributed by atoms with Crippen molar-refractivity contribution >= 4 is 17.4 Å². The van der Waals surface area contributed by atoms with Crippen LogP contribution in [-0.4, -0.2) is 30.2 Å². The third kappa shape index (κ3) is 2.78. The first-order valence-corrected chi connectivity index (χ1v) is 8.34. The van der Waals surface area contributed by atoms with E-state index in [2.05, 4.69) is 56.8 Å². The molecule has 1 aliphatic rings. The predicted octanol–water partition coefficient (Wildman–Crippen LogP) is 3.62. The van der Waals surface area contributed by atoms with Crippen LogP contribution < -0.4 is 10.2 Å². The number of amides is 1.